The van der Waals surface area contributed by atoms with E-state index in [1.54, 1.807) is 6.07 Å². The lowest BCUT2D eigenvalue weighted by Crippen LogP contribution is -1.95. The number of nitriles is 1. The number of oxime groups is 1. The summed E-state index contributed by atoms with van der Waals surface area (Å²) >= 11 is 4.82. The molecule has 0 saturated carbocycles. The van der Waals surface area contributed by atoms with E-state index in [0.29, 0.717) is 0 Å². The Morgan fingerprint density at radius 1 is 1.67 bits per heavy atom. The summed E-state index contributed by atoms with van der Waals surface area (Å²) in [4.78, 5) is 10.00. The van der Waals surface area contributed by atoms with E-state index in [4.69, 9.17) is 17.1 Å². The molecule has 0 bridgehead atoms. The highest BCUT2D eigenvalue weighted by atomic mass is 35.5. The number of rotatable bonds is 3. The molecule has 6 nitrogen and oxygen atoms in total. The SMILES string of the molecule is N#Cc1ccc(/C=N/OCl)c([N+](=O)[O-])c1. The third kappa shape index (κ3) is 2.65. The van der Waals surface area contributed by atoms with E-state index in [-0.39, 0.29) is 16.8 Å². The van der Waals surface area contributed by atoms with Crippen LogP contribution in [0, 0.1) is 21.4 Å². The first-order valence-corrected chi connectivity index (χ1v) is 3.99. The first-order chi connectivity index (χ1) is 7.19. The Labute approximate surface area is 89.6 Å². The van der Waals surface area contributed by atoms with Gasteiger partial charge < -0.3 is 0 Å². The fourth-order valence-electron chi connectivity index (χ4n) is 0.957. The number of benzene rings is 1. The van der Waals surface area contributed by atoms with Crippen LogP contribution in [0.25, 0.3) is 0 Å². The summed E-state index contributed by atoms with van der Waals surface area (Å²) in [5, 5.41) is 22.4. The predicted molar refractivity (Wildman–Crippen MR) is 52.3 cm³/mol. The van der Waals surface area contributed by atoms with E-state index >= 15 is 0 Å². The Kier molecular flexibility index (Phi) is 3.60. The molecule has 0 amide bonds. The van der Waals surface area contributed by atoms with Crippen LogP contribution < -0.4 is 0 Å². The van der Waals surface area contributed by atoms with Crippen molar-refractivity contribution in [3.8, 4) is 6.07 Å². The topological polar surface area (TPSA) is 88.5 Å². The summed E-state index contributed by atoms with van der Waals surface area (Å²) in [6.45, 7) is 0. The molecule has 0 unspecified atom stereocenters. The van der Waals surface area contributed by atoms with E-state index < -0.39 is 4.92 Å². The molecule has 1 rings (SSSR count). The van der Waals surface area contributed by atoms with Crippen LogP contribution in [0.4, 0.5) is 5.69 Å². The van der Waals surface area contributed by atoms with Crippen molar-refractivity contribution >= 4 is 23.8 Å². The normalized spacial score (nSPS) is 9.87. The summed E-state index contributed by atoms with van der Waals surface area (Å²) in [5.74, 6) is 0. The van der Waals surface area contributed by atoms with Crippen LogP contribution in [0.3, 0.4) is 0 Å². The number of hydrogen-bond acceptors (Lipinski definition) is 5. The first kappa shape index (κ1) is 10.9. The lowest BCUT2D eigenvalue weighted by atomic mass is 10.1. The predicted octanol–water partition coefficient (Wildman–Crippen LogP) is 1.97. The van der Waals surface area contributed by atoms with Crippen LogP contribution >= 0.6 is 11.9 Å². The van der Waals surface area contributed by atoms with Gasteiger partial charge in [-0.3, -0.25) is 14.5 Å². The fourth-order valence-corrected chi connectivity index (χ4v) is 0.997. The van der Waals surface area contributed by atoms with Crippen LogP contribution in [0.1, 0.15) is 11.1 Å². The molecule has 0 saturated heterocycles. The Hall–Kier alpha value is -2.13. The Balaban J connectivity index is 3.22. The molecule has 0 spiro atoms. The van der Waals surface area contributed by atoms with E-state index in [1.165, 1.54) is 12.1 Å². The molecule has 0 aliphatic rings. The average Bonchev–Trinajstić information content (AvgIpc) is 2.26. The zero-order valence-electron chi connectivity index (χ0n) is 7.25. The summed E-state index contributed by atoms with van der Waals surface area (Å²) in [5.41, 5.74) is 0.178. The van der Waals surface area contributed by atoms with Gasteiger partial charge in [-0.15, -0.1) is 0 Å². The van der Waals surface area contributed by atoms with Gasteiger partial charge in [0.1, 0.15) is 0 Å². The van der Waals surface area contributed by atoms with Gasteiger partial charge in [0, 0.05) is 6.07 Å². The van der Waals surface area contributed by atoms with Gasteiger partial charge in [-0.25, -0.2) is 0 Å². The second-order valence-electron chi connectivity index (χ2n) is 2.45. The second-order valence-corrected chi connectivity index (χ2v) is 2.58. The van der Waals surface area contributed by atoms with Crippen molar-refractivity contribution in [3.63, 3.8) is 0 Å². The van der Waals surface area contributed by atoms with Crippen molar-refractivity contribution in [1.29, 1.82) is 5.26 Å². The van der Waals surface area contributed by atoms with Gasteiger partial charge in [0.2, 0.25) is 0 Å². The average molecular weight is 226 g/mol. The van der Waals surface area contributed by atoms with Gasteiger partial charge in [-0.2, -0.15) is 5.26 Å². The van der Waals surface area contributed by atoms with Crippen LogP contribution in [0.2, 0.25) is 0 Å². The quantitative estimate of drug-likeness (QED) is 0.447. The van der Waals surface area contributed by atoms with Crippen molar-refractivity contribution in [3.05, 3.63) is 39.4 Å². The molecular weight excluding hydrogens is 222 g/mol. The second kappa shape index (κ2) is 4.93. The van der Waals surface area contributed by atoms with Crippen LogP contribution in [0.5, 0.6) is 0 Å². The lowest BCUT2D eigenvalue weighted by Gasteiger charge is -1.96. The zero-order valence-corrected chi connectivity index (χ0v) is 8.01. The Morgan fingerprint density at radius 2 is 2.40 bits per heavy atom. The standard InChI is InChI=1S/C8H4ClN3O3/c9-15-11-5-7-2-1-6(4-10)3-8(7)12(13)14/h1-3,5H/b11-5+. The monoisotopic (exact) mass is 225 g/mol. The molecule has 15 heavy (non-hydrogen) atoms. The van der Waals surface area contributed by atoms with Gasteiger partial charge in [0.15, 0.2) is 11.9 Å². The van der Waals surface area contributed by atoms with Gasteiger partial charge in [-0.1, -0.05) is 5.16 Å². The van der Waals surface area contributed by atoms with Gasteiger partial charge in [0.05, 0.1) is 28.3 Å². The molecular formula is C8H4ClN3O3. The molecule has 0 radical (unpaired) electrons. The van der Waals surface area contributed by atoms with Crippen molar-refractivity contribution in [2.75, 3.05) is 0 Å². The maximum absolute atomic E-state index is 10.6. The van der Waals surface area contributed by atoms with Crippen LogP contribution in [0.15, 0.2) is 23.4 Å². The molecule has 0 atom stereocenters. The van der Waals surface area contributed by atoms with Gasteiger partial charge in [-0.05, 0) is 12.1 Å². The maximum Gasteiger partial charge on any atom is 0.279 e. The fraction of sp³-hybridized carbons (Fsp3) is 0. The number of nitrogens with zero attached hydrogens (tertiary/aromatic N) is 3. The lowest BCUT2D eigenvalue weighted by molar-refractivity contribution is -0.385. The molecule has 1 aromatic carbocycles. The minimum atomic E-state index is -0.615. The first-order valence-electron chi connectivity index (χ1n) is 3.68. The molecule has 0 aliphatic heterocycles. The summed E-state index contributed by atoms with van der Waals surface area (Å²) < 4.78 is 3.89. The third-order valence-electron chi connectivity index (χ3n) is 1.59. The number of nitro groups is 1. The van der Waals surface area contributed by atoms with E-state index in [2.05, 4.69) is 9.55 Å². The van der Waals surface area contributed by atoms with E-state index in [0.717, 1.165) is 12.3 Å². The highest BCUT2D eigenvalue weighted by Crippen LogP contribution is 2.18. The van der Waals surface area contributed by atoms with Crippen molar-refractivity contribution < 1.29 is 9.31 Å². The molecule has 1 aromatic rings. The largest absolute Gasteiger partial charge is 0.279 e. The van der Waals surface area contributed by atoms with Crippen molar-refractivity contribution in [2.24, 2.45) is 5.16 Å². The molecule has 0 aromatic heterocycles. The minimum absolute atomic E-state index is 0.200. The van der Waals surface area contributed by atoms with E-state index in [1.807, 2.05) is 0 Å². The molecule has 0 aliphatic carbocycles. The van der Waals surface area contributed by atoms with Gasteiger partial charge >= 0.3 is 0 Å². The molecule has 0 N–H and O–H groups in total. The van der Waals surface area contributed by atoms with Crippen molar-refractivity contribution in [1.82, 2.24) is 0 Å². The highest BCUT2D eigenvalue weighted by Gasteiger charge is 2.12. The number of nitro benzene ring substituents is 1. The number of halogens is 1. The molecule has 76 valence electrons. The summed E-state index contributed by atoms with van der Waals surface area (Å²) in [7, 11) is 0. The smallest absolute Gasteiger partial charge is 0.277 e. The van der Waals surface area contributed by atoms with Crippen molar-refractivity contribution in [2.45, 2.75) is 0 Å². The van der Waals surface area contributed by atoms with Crippen LogP contribution in [-0.2, 0) is 4.39 Å². The van der Waals surface area contributed by atoms with Crippen LogP contribution in [-0.4, -0.2) is 11.1 Å². The molecule has 0 fully saturated rings. The maximum atomic E-state index is 10.6. The summed E-state index contributed by atoms with van der Waals surface area (Å²) in [6, 6.07) is 5.77. The third-order valence-corrected chi connectivity index (χ3v) is 1.67. The highest BCUT2D eigenvalue weighted by molar-refractivity contribution is 6.07. The molecule has 0 heterocycles. The molecule has 7 heteroatoms. The Morgan fingerprint density at radius 3 is 2.93 bits per heavy atom. The zero-order chi connectivity index (χ0) is 11.3. The summed E-state index contributed by atoms with van der Waals surface area (Å²) in [6.07, 6.45) is 1.09. The Bertz CT molecular complexity index is 453. The van der Waals surface area contributed by atoms with E-state index in [9.17, 15) is 10.1 Å². The number of hydrogen-bond donors (Lipinski definition) is 0. The van der Waals surface area contributed by atoms with Gasteiger partial charge in [0.25, 0.3) is 5.69 Å². The minimum Gasteiger partial charge on any atom is -0.277 e.